The summed E-state index contributed by atoms with van der Waals surface area (Å²) < 4.78 is 16.1. The van der Waals surface area contributed by atoms with Gasteiger partial charge >= 0.3 is 0 Å². The van der Waals surface area contributed by atoms with Crippen LogP contribution in [0.3, 0.4) is 0 Å². The fraction of sp³-hybridized carbons (Fsp3) is 0.160. The number of anilines is 1. The predicted octanol–water partition coefficient (Wildman–Crippen LogP) is 5.29. The van der Waals surface area contributed by atoms with E-state index in [2.05, 4.69) is 15.5 Å². The average Bonchev–Trinajstić information content (AvgIpc) is 3.30. The van der Waals surface area contributed by atoms with Crippen molar-refractivity contribution in [1.82, 2.24) is 10.1 Å². The van der Waals surface area contributed by atoms with Crippen LogP contribution in [-0.2, 0) is 0 Å². The van der Waals surface area contributed by atoms with Crippen molar-refractivity contribution < 1.29 is 18.8 Å². The van der Waals surface area contributed by atoms with Crippen LogP contribution < -0.4 is 14.8 Å². The van der Waals surface area contributed by atoms with Crippen molar-refractivity contribution in [3.8, 4) is 34.3 Å². The molecule has 1 amide bonds. The standard InChI is InChI=1S/C25H23N3O4/c1-15-9-10-18(13-16(15)2)24(29)26-20-8-6-5-7-19(20)25-27-23(28-32-25)17-11-12-21(30-3)22(14-17)31-4/h5-14H,1-4H3,(H,26,29). The molecule has 4 aromatic rings. The number of methoxy groups -OCH3 is 2. The van der Waals surface area contributed by atoms with Crippen molar-refractivity contribution in [2.24, 2.45) is 0 Å². The minimum absolute atomic E-state index is 0.208. The van der Waals surface area contributed by atoms with Crippen LogP contribution in [0.25, 0.3) is 22.8 Å². The van der Waals surface area contributed by atoms with Crippen LogP contribution in [0.4, 0.5) is 5.69 Å². The highest BCUT2D eigenvalue weighted by molar-refractivity contribution is 6.06. The number of nitrogens with zero attached hydrogens (tertiary/aromatic N) is 2. The first-order valence-electron chi connectivity index (χ1n) is 10.0. The lowest BCUT2D eigenvalue weighted by molar-refractivity contribution is 0.102. The van der Waals surface area contributed by atoms with Gasteiger partial charge in [-0.05, 0) is 67.4 Å². The molecule has 0 saturated carbocycles. The number of para-hydroxylation sites is 1. The summed E-state index contributed by atoms with van der Waals surface area (Å²) in [6.45, 7) is 3.99. The van der Waals surface area contributed by atoms with Gasteiger partial charge in [-0.25, -0.2) is 0 Å². The summed E-state index contributed by atoms with van der Waals surface area (Å²) >= 11 is 0. The Morgan fingerprint density at radius 1 is 0.906 bits per heavy atom. The van der Waals surface area contributed by atoms with E-state index < -0.39 is 0 Å². The van der Waals surface area contributed by atoms with Gasteiger partial charge in [0.05, 0.1) is 25.5 Å². The van der Waals surface area contributed by atoms with Gasteiger partial charge in [-0.1, -0.05) is 23.4 Å². The van der Waals surface area contributed by atoms with Crippen LogP contribution in [0, 0.1) is 13.8 Å². The summed E-state index contributed by atoms with van der Waals surface area (Å²) in [5.74, 6) is 1.67. The lowest BCUT2D eigenvalue weighted by Gasteiger charge is -2.10. The average molecular weight is 429 g/mol. The van der Waals surface area contributed by atoms with Crippen LogP contribution in [0.2, 0.25) is 0 Å². The highest BCUT2D eigenvalue weighted by atomic mass is 16.5. The maximum Gasteiger partial charge on any atom is 0.260 e. The SMILES string of the molecule is COc1ccc(-c2noc(-c3ccccc3NC(=O)c3ccc(C)c(C)c3)n2)cc1OC. The van der Waals surface area contributed by atoms with Gasteiger partial charge in [0.15, 0.2) is 11.5 Å². The lowest BCUT2D eigenvalue weighted by Crippen LogP contribution is -2.13. The van der Waals surface area contributed by atoms with Crippen LogP contribution in [0.5, 0.6) is 11.5 Å². The van der Waals surface area contributed by atoms with Gasteiger partial charge in [-0.15, -0.1) is 0 Å². The van der Waals surface area contributed by atoms with Crippen molar-refractivity contribution in [2.45, 2.75) is 13.8 Å². The van der Waals surface area contributed by atoms with E-state index in [1.54, 1.807) is 32.4 Å². The molecule has 1 aromatic heterocycles. The van der Waals surface area contributed by atoms with E-state index in [0.29, 0.717) is 45.6 Å². The number of amides is 1. The Morgan fingerprint density at radius 3 is 2.44 bits per heavy atom. The van der Waals surface area contributed by atoms with Gasteiger partial charge < -0.3 is 19.3 Å². The summed E-state index contributed by atoms with van der Waals surface area (Å²) in [6, 6.07) is 18.3. The Kier molecular flexibility index (Phi) is 5.89. The summed E-state index contributed by atoms with van der Waals surface area (Å²) in [7, 11) is 3.14. The third-order valence-corrected chi connectivity index (χ3v) is 5.24. The molecule has 0 spiro atoms. The van der Waals surface area contributed by atoms with Crippen LogP contribution in [0.15, 0.2) is 65.2 Å². The Morgan fingerprint density at radius 2 is 1.69 bits per heavy atom. The number of aryl methyl sites for hydroxylation is 2. The molecule has 0 unspecified atom stereocenters. The highest BCUT2D eigenvalue weighted by Crippen LogP contribution is 2.33. The largest absolute Gasteiger partial charge is 0.493 e. The maximum atomic E-state index is 12.8. The predicted molar refractivity (Wildman–Crippen MR) is 122 cm³/mol. The van der Waals surface area contributed by atoms with E-state index >= 15 is 0 Å². The van der Waals surface area contributed by atoms with Crippen LogP contribution in [0.1, 0.15) is 21.5 Å². The Bertz CT molecular complexity index is 1280. The zero-order chi connectivity index (χ0) is 22.7. The molecule has 0 saturated heterocycles. The topological polar surface area (TPSA) is 86.5 Å². The first kappa shape index (κ1) is 21.1. The van der Waals surface area contributed by atoms with E-state index in [9.17, 15) is 4.79 Å². The van der Waals surface area contributed by atoms with Crippen molar-refractivity contribution in [1.29, 1.82) is 0 Å². The van der Waals surface area contributed by atoms with E-state index in [4.69, 9.17) is 14.0 Å². The molecule has 0 bridgehead atoms. The normalized spacial score (nSPS) is 10.6. The van der Waals surface area contributed by atoms with Gasteiger partial charge in [0.1, 0.15) is 0 Å². The van der Waals surface area contributed by atoms with Crippen LogP contribution in [-0.4, -0.2) is 30.3 Å². The van der Waals surface area contributed by atoms with Crippen molar-refractivity contribution >= 4 is 11.6 Å². The molecule has 0 radical (unpaired) electrons. The number of carbonyl (C=O) groups is 1. The molecule has 4 rings (SSSR count). The van der Waals surface area contributed by atoms with Crippen molar-refractivity contribution in [3.63, 3.8) is 0 Å². The molecule has 7 heteroatoms. The molecule has 32 heavy (non-hydrogen) atoms. The molecule has 7 nitrogen and oxygen atoms in total. The van der Waals surface area contributed by atoms with Crippen molar-refractivity contribution in [2.75, 3.05) is 19.5 Å². The van der Waals surface area contributed by atoms with E-state index in [0.717, 1.165) is 11.1 Å². The number of rotatable bonds is 6. The fourth-order valence-electron chi connectivity index (χ4n) is 3.28. The highest BCUT2D eigenvalue weighted by Gasteiger charge is 2.17. The molecule has 1 N–H and O–H groups in total. The van der Waals surface area contributed by atoms with Gasteiger partial charge in [0.25, 0.3) is 11.8 Å². The third-order valence-electron chi connectivity index (χ3n) is 5.24. The second-order valence-electron chi connectivity index (χ2n) is 7.29. The van der Waals surface area contributed by atoms with Gasteiger partial charge in [0.2, 0.25) is 5.82 Å². The number of aromatic nitrogens is 2. The Balaban J connectivity index is 1.63. The quantitative estimate of drug-likeness (QED) is 0.448. The summed E-state index contributed by atoms with van der Waals surface area (Å²) in [6.07, 6.45) is 0. The minimum Gasteiger partial charge on any atom is -0.493 e. The zero-order valence-electron chi connectivity index (χ0n) is 18.3. The Labute approximate surface area is 186 Å². The van der Waals surface area contributed by atoms with E-state index in [1.165, 1.54) is 0 Å². The summed E-state index contributed by atoms with van der Waals surface area (Å²) in [4.78, 5) is 17.3. The van der Waals surface area contributed by atoms with Crippen molar-refractivity contribution in [3.05, 3.63) is 77.4 Å². The number of ether oxygens (including phenoxy) is 2. The summed E-state index contributed by atoms with van der Waals surface area (Å²) in [5.41, 5.74) is 4.70. The summed E-state index contributed by atoms with van der Waals surface area (Å²) in [5, 5.41) is 7.05. The molecule has 0 fully saturated rings. The number of carbonyl (C=O) groups excluding carboxylic acids is 1. The van der Waals surface area contributed by atoms with Gasteiger partial charge in [0, 0.05) is 11.1 Å². The Hall–Kier alpha value is -4.13. The molecular formula is C25H23N3O4. The molecule has 0 atom stereocenters. The zero-order valence-corrected chi connectivity index (χ0v) is 18.3. The van der Waals surface area contributed by atoms with Gasteiger partial charge in [-0.2, -0.15) is 4.98 Å². The lowest BCUT2D eigenvalue weighted by atomic mass is 10.1. The minimum atomic E-state index is -0.208. The monoisotopic (exact) mass is 429 g/mol. The number of hydrogen-bond donors (Lipinski definition) is 1. The third kappa shape index (κ3) is 4.18. The molecule has 0 aliphatic heterocycles. The van der Waals surface area contributed by atoms with E-state index in [1.807, 2.05) is 56.3 Å². The fourth-order valence-corrected chi connectivity index (χ4v) is 3.28. The molecule has 3 aromatic carbocycles. The number of nitrogens with one attached hydrogen (secondary N) is 1. The number of hydrogen-bond acceptors (Lipinski definition) is 6. The maximum absolute atomic E-state index is 12.8. The smallest absolute Gasteiger partial charge is 0.260 e. The first-order chi connectivity index (χ1) is 15.5. The number of benzene rings is 3. The first-order valence-corrected chi connectivity index (χ1v) is 10.0. The van der Waals surface area contributed by atoms with E-state index in [-0.39, 0.29) is 5.91 Å². The molecular weight excluding hydrogens is 406 g/mol. The van der Waals surface area contributed by atoms with Crippen LogP contribution >= 0.6 is 0 Å². The van der Waals surface area contributed by atoms with Gasteiger partial charge in [-0.3, -0.25) is 4.79 Å². The molecule has 1 heterocycles. The second kappa shape index (κ2) is 8.93. The molecule has 162 valence electrons. The molecule has 0 aliphatic carbocycles. The second-order valence-corrected chi connectivity index (χ2v) is 7.29. The molecule has 0 aliphatic rings.